The van der Waals surface area contributed by atoms with Gasteiger partial charge in [-0.25, -0.2) is 19.0 Å². The lowest BCUT2D eigenvalue weighted by atomic mass is 10.2. The Morgan fingerprint density at radius 3 is 2.83 bits per heavy atom. The highest BCUT2D eigenvalue weighted by atomic mass is 32.1. The van der Waals surface area contributed by atoms with Crippen molar-refractivity contribution in [2.45, 2.75) is 25.9 Å². The zero-order valence-corrected chi connectivity index (χ0v) is 14.0. The molecule has 1 amide bonds. The predicted octanol–water partition coefficient (Wildman–Crippen LogP) is 2.92. The zero-order chi connectivity index (χ0) is 17.1. The summed E-state index contributed by atoms with van der Waals surface area (Å²) in [6, 6.07) is 6.17. The van der Waals surface area contributed by atoms with Crippen LogP contribution in [0.25, 0.3) is 10.6 Å². The fraction of sp³-hybridized carbons (Fsp3) is 0.250. The molecule has 0 aliphatic heterocycles. The van der Waals surface area contributed by atoms with E-state index in [0.29, 0.717) is 15.4 Å². The summed E-state index contributed by atoms with van der Waals surface area (Å²) in [5, 5.41) is 7.47. The van der Waals surface area contributed by atoms with E-state index in [0.717, 1.165) is 11.3 Å². The predicted molar refractivity (Wildman–Crippen MR) is 89.2 cm³/mol. The molecule has 2 atom stereocenters. The molecule has 2 aromatic heterocycles. The van der Waals surface area contributed by atoms with Gasteiger partial charge < -0.3 is 5.32 Å². The number of nitrogens with zero attached hydrogens (tertiary/aromatic N) is 4. The van der Waals surface area contributed by atoms with Crippen LogP contribution in [0.15, 0.2) is 43.1 Å². The van der Waals surface area contributed by atoms with Gasteiger partial charge in [-0.05, 0) is 26.0 Å². The number of rotatable bonds is 5. The molecule has 0 unspecified atom stereocenters. The summed E-state index contributed by atoms with van der Waals surface area (Å²) in [5.41, 5.74) is 0.394. The average Bonchev–Trinajstić information content (AvgIpc) is 3.26. The van der Waals surface area contributed by atoms with Crippen molar-refractivity contribution in [1.29, 1.82) is 0 Å². The first kappa shape index (κ1) is 16.3. The molecule has 24 heavy (non-hydrogen) atoms. The fourth-order valence-electron chi connectivity index (χ4n) is 2.19. The van der Waals surface area contributed by atoms with Gasteiger partial charge in [-0.15, -0.1) is 11.3 Å². The van der Waals surface area contributed by atoms with Crippen molar-refractivity contribution in [3.05, 3.63) is 53.8 Å². The molecule has 2 heterocycles. The Balaban J connectivity index is 1.71. The number of carbonyl (C=O) groups excluding carboxylic acids is 1. The maximum Gasteiger partial charge on any atom is 0.263 e. The maximum atomic E-state index is 13.8. The number of aromatic nitrogens is 4. The molecular weight excluding hydrogens is 329 g/mol. The average molecular weight is 345 g/mol. The second kappa shape index (κ2) is 6.88. The molecule has 1 aromatic carbocycles. The van der Waals surface area contributed by atoms with Crippen LogP contribution in [0.5, 0.6) is 0 Å². The number of nitrogens with one attached hydrogen (secondary N) is 1. The van der Waals surface area contributed by atoms with E-state index in [1.54, 1.807) is 29.2 Å². The van der Waals surface area contributed by atoms with Crippen molar-refractivity contribution in [1.82, 2.24) is 25.1 Å². The Bertz CT molecular complexity index is 833. The van der Waals surface area contributed by atoms with Gasteiger partial charge in [-0.2, -0.15) is 5.10 Å². The lowest BCUT2D eigenvalue weighted by molar-refractivity contribution is 0.0932. The van der Waals surface area contributed by atoms with Gasteiger partial charge in [-0.1, -0.05) is 12.1 Å². The summed E-state index contributed by atoms with van der Waals surface area (Å²) in [5.74, 6) is -0.596. The number of thiazole rings is 1. The molecule has 0 aliphatic carbocycles. The summed E-state index contributed by atoms with van der Waals surface area (Å²) in [7, 11) is 0. The smallest absolute Gasteiger partial charge is 0.263 e. The van der Waals surface area contributed by atoms with Gasteiger partial charge in [0.05, 0.1) is 12.2 Å². The van der Waals surface area contributed by atoms with Gasteiger partial charge in [0.2, 0.25) is 0 Å². The molecular formula is C16H16FN5OS. The Hall–Kier alpha value is -2.61. The van der Waals surface area contributed by atoms with Crippen molar-refractivity contribution in [2.24, 2.45) is 0 Å². The molecule has 0 saturated carbocycles. The highest BCUT2D eigenvalue weighted by molar-refractivity contribution is 7.16. The minimum atomic E-state index is -0.355. The van der Waals surface area contributed by atoms with Gasteiger partial charge in [0, 0.05) is 11.6 Å². The van der Waals surface area contributed by atoms with Gasteiger partial charge in [0.15, 0.2) is 0 Å². The van der Waals surface area contributed by atoms with E-state index < -0.39 is 0 Å². The van der Waals surface area contributed by atoms with E-state index in [2.05, 4.69) is 20.4 Å². The summed E-state index contributed by atoms with van der Waals surface area (Å²) in [4.78, 5) is 20.9. The van der Waals surface area contributed by atoms with Gasteiger partial charge in [-0.3, -0.25) is 4.79 Å². The molecule has 0 aliphatic rings. The topological polar surface area (TPSA) is 72.7 Å². The summed E-state index contributed by atoms with van der Waals surface area (Å²) >= 11 is 1.16. The highest BCUT2D eigenvalue weighted by Gasteiger charge is 2.20. The highest BCUT2D eigenvalue weighted by Crippen LogP contribution is 2.27. The summed E-state index contributed by atoms with van der Waals surface area (Å²) in [6.07, 6.45) is 4.53. The van der Waals surface area contributed by atoms with Crippen LogP contribution >= 0.6 is 11.3 Å². The van der Waals surface area contributed by atoms with E-state index in [-0.39, 0.29) is 23.8 Å². The van der Waals surface area contributed by atoms with Gasteiger partial charge >= 0.3 is 0 Å². The normalized spacial score (nSPS) is 13.5. The van der Waals surface area contributed by atoms with E-state index in [4.69, 9.17) is 0 Å². The van der Waals surface area contributed by atoms with Gasteiger partial charge in [0.1, 0.15) is 28.4 Å². The number of carbonyl (C=O) groups is 1. The van der Waals surface area contributed by atoms with Crippen LogP contribution in [0, 0.1) is 5.82 Å². The number of halogens is 1. The molecule has 6 nitrogen and oxygen atoms in total. The van der Waals surface area contributed by atoms with Crippen molar-refractivity contribution < 1.29 is 9.18 Å². The lowest BCUT2D eigenvalue weighted by Gasteiger charge is -2.20. The van der Waals surface area contributed by atoms with Crippen molar-refractivity contribution in [3.8, 4) is 10.6 Å². The number of amides is 1. The first-order chi connectivity index (χ1) is 11.6. The van der Waals surface area contributed by atoms with Crippen LogP contribution in [-0.2, 0) is 0 Å². The quantitative estimate of drug-likeness (QED) is 0.772. The van der Waals surface area contributed by atoms with Crippen LogP contribution in [0.4, 0.5) is 4.39 Å². The first-order valence-corrected chi connectivity index (χ1v) is 8.23. The largest absolute Gasteiger partial charge is 0.347 e. The minimum Gasteiger partial charge on any atom is -0.347 e. The zero-order valence-electron chi connectivity index (χ0n) is 13.2. The van der Waals surface area contributed by atoms with E-state index in [1.165, 1.54) is 18.6 Å². The maximum absolute atomic E-state index is 13.8. The molecule has 0 saturated heterocycles. The van der Waals surface area contributed by atoms with Crippen LogP contribution in [0.2, 0.25) is 0 Å². The van der Waals surface area contributed by atoms with E-state index in [9.17, 15) is 9.18 Å². The summed E-state index contributed by atoms with van der Waals surface area (Å²) < 4.78 is 15.5. The molecule has 0 radical (unpaired) electrons. The Kier molecular flexibility index (Phi) is 4.66. The monoisotopic (exact) mass is 345 g/mol. The molecule has 0 fully saturated rings. The Morgan fingerprint density at radius 2 is 2.12 bits per heavy atom. The third kappa shape index (κ3) is 3.33. The minimum absolute atomic E-state index is 0.0459. The molecule has 8 heteroatoms. The summed E-state index contributed by atoms with van der Waals surface area (Å²) in [6.45, 7) is 3.83. The van der Waals surface area contributed by atoms with Crippen LogP contribution < -0.4 is 5.32 Å². The first-order valence-electron chi connectivity index (χ1n) is 7.42. The van der Waals surface area contributed by atoms with Crippen molar-refractivity contribution in [3.63, 3.8) is 0 Å². The number of hydrogen-bond donors (Lipinski definition) is 1. The molecule has 0 bridgehead atoms. The van der Waals surface area contributed by atoms with Crippen LogP contribution in [-0.4, -0.2) is 31.7 Å². The van der Waals surface area contributed by atoms with Gasteiger partial charge in [0.25, 0.3) is 5.91 Å². The fourth-order valence-corrected chi connectivity index (χ4v) is 3.04. The Labute approximate surface area is 142 Å². The standard InChI is InChI=1S/C16H16FN5OS/c1-10(11(2)22-9-18-8-20-22)21-15(23)14-7-19-16(24-14)12-5-3-4-6-13(12)17/h3-11H,1-2H3,(H,21,23)/t10-,11+/m0/s1. The SMILES string of the molecule is C[C@H](NC(=O)c1cnc(-c2ccccc2F)s1)[C@@H](C)n1cncn1. The molecule has 3 aromatic rings. The number of benzene rings is 1. The lowest BCUT2D eigenvalue weighted by Crippen LogP contribution is -2.38. The molecule has 3 rings (SSSR count). The molecule has 124 valence electrons. The third-order valence-electron chi connectivity index (χ3n) is 3.77. The van der Waals surface area contributed by atoms with Crippen molar-refractivity contribution in [2.75, 3.05) is 0 Å². The molecule has 1 N–H and O–H groups in total. The number of hydrogen-bond acceptors (Lipinski definition) is 5. The van der Waals surface area contributed by atoms with Crippen LogP contribution in [0.1, 0.15) is 29.6 Å². The Morgan fingerprint density at radius 1 is 1.33 bits per heavy atom. The second-order valence-corrected chi connectivity index (χ2v) is 6.42. The van der Waals surface area contributed by atoms with Crippen molar-refractivity contribution >= 4 is 17.2 Å². The molecule has 0 spiro atoms. The van der Waals surface area contributed by atoms with E-state index in [1.807, 2.05) is 13.8 Å². The van der Waals surface area contributed by atoms with Crippen LogP contribution in [0.3, 0.4) is 0 Å². The third-order valence-corrected chi connectivity index (χ3v) is 4.80. The van der Waals surface area contributed by atoms with E-state index >= 15 is 0 Å². The second-order valence-electron chi connectivity index (χ2n) is 5.39.